The third-order valence-corrected chi connectivity index (χ3v) is 3.29. The number of carbonyl (C=O) groups is 1. The molecule has 1 rings (SSSR count). The Morgan fingerprint density at radius 3 is 2.67 bits per heavy atom. The standard InChI is InChI=1S/C10H17ClO/c1-10(2)6-4-3-5-8(10)9(12)7-11/h8H,3-7H2,1-2H3. The van der Waals surface area contributed by atoms with Crippen molar-refractivity contribution in [3.63, 3.8) is 0 Å². The number of rotatable bonds is 2. The fourth-order valence-electron chi connectivity index (χ4n) is 2.18. The Morgan fingerprint density at radius 2 is 2.17 bits per heavy atom. The summed E-state index contributed by atoms with van der Waals surface area (Å²) < 4.78 is 0. The molecular weight excluding hydrogens is 172 g/mol. The molecule has 0 spiro atoms. The maximum Gasteiger partial charge on any atom is 0.151 e. The molecule has 0 amide bonds. The average molecular weight is 189 g/mol. The van der Waals surface area contributed by atoms with Gasteiger partial charge < -0.3 is 0 Å². The lowest BCUT2D eigenvalue weighted by Gasteiger charge is -2.37. The van der Waals surface area contributed by atoms with Crippen molar-refractivity contribution in [3.8, 4) is 0 Å². The molecule has 1 fully saturated rings. The minimum Gasteiger partial charge on any atom is -0.298 e. The summed E-state index contributed by atoms with van der Waals surface area (Å²) in [5, 5.41) is 0. The Balaban J connectivity index is 2.66. The second-order valence-electron chi connectivity index (χ2n) is 4.39. The van der Waals surface area contributed by atoms with Crippen LogP contribution in [0.3, 0.4) is 0 Å². The fourth-order valence-corrected chi connectivity index (χ4v) is 2.37. The summed E-state index contributed by atoms with van der Waals surface area (Å²) in [5.41, 5.74) is 0.185. The molecule has 70 valence electrons. The van der Waals surface area contributed by atoms with Crippen LogP contribution in [0, 0.1) is 11.3 Å². The largest absolute Gasteiger partial charge is 0.298 e. The van der Waals surface area contributed by atoms with Crippen LogP contribution >= 0.6 is 11.6 Å². The molecule has 0 aliphatic heterocycles. The number of alkyl halides is 1. The van der Waals surface area contributed by atoms with Crippen molar-refractivity contribution in [2.45, 2.75) is 39.5 Å². The Bertz CT molecular complexity index is 175. The number of hydrogen-bond donors (Lipinski definition) is 0. The minimum absolute atomic E-state index is 0.185. The first kappa shape index (κ1) is 10.0. The van der Waals surface area contributed by atoms with E-state index in [0.29, 0.717) is 0 Å². The van der Waals surface area contributed by atoms with Crippen molar-refractivity contribution in [1.82, 2.24) is 0 Å². The molecule has 1 atom stereocenters. The highest BCUT2D eigenvalue weighted by molar-refractivity contribution is 6.27. The van der Waals surface area contributed by atoms with Crippen LogP contribution in [0.1, 0.15) is 39.5 Å². The second kappa shape index (κ2) is 3.78. The van der Waals surface area contributed by atoms with E-state index in [0.717, 1.165) is 6.42 Å². The smallest absolute Gasteiger partial charge is 0.151 e. The topological polar surface area (TPSA) is 17.1 Å². The molecule has 0 heterocycles. The van der Waals surface area contributed by atoms with Crippen molar-refractivity contribution >= 4 is 17.4 Å². The Hall–Kier alpha value is -0.0400. The quantitative estimate of drug-likeness (QED) is 0.609. The lowest BCUT2D eigenvalue weighted by atomic mass is 9.67. The Kier molecular flexibility index (Phi) is 3.16. The van der Waals surface area contributed by atoms with Crippen molar-refractivity contribution in [2.24, 2.45) is 11.3 Å². The summed E-state index contributed by atoms with van der Waals surface area (Å²) in [6.45, 7) is 4.36. The highest BCUT2D eigenvalue weighted by Crippen LogP contribution is 2.40. The maximum absolute atomic E-state index is 11.5. The molecular formula is C10H17ClO. The van der Waals surface area contributed by atoms with Crippen molar-refractivity contribution < 1.29 is 4.79 Å². The minimum atomic E-state index is 0.185. The number of carbonyl (C=O) groups excluding carboxylic acids is 1. The average Bonchev–Trinajstić information content (AvgIpc) is 2.02. The van der Waals surface area contributed by atoms with E-state index in [-0.39, 0.29) is 23.0 Å². The molecule has 0 radical (unpaired) electrons. The molecule has 0 aromatic heterocycles. The van der Waals surface area contributed by atoms with Crippen molar-refractivity contribution in [1.29, 1.82) is 0 Å². The van der Waals surface area contributed by atoms with Crippen LogP contribution in [0.5, 0.6) is 0 Å². The monoisotopic (exact) mass is 188 g/mol. The van der Waals surface area contributed by atoms with Gasteiger partial charge >= 0.3 is 0 Å². The van der Waals surface area contributed by atoms with E-state index < -0.39 is 0 Å². The third-order valence-electron chi connectivity index (χ3n) is 3.03. The number of hydrogen-bond acceptors (Lipinski definition) is 1. The molecule has 12 heavy (non-hydrogen) atoms. The lowest BCUT2D eigenvalue weighted by Crippen LogP contribution is -2.34. The van der Waals surface area contributed by atoms with Gasteiger partial charge in [0.2, 0.25) is 0 Å². The predicted molar refractivity (Wildman–Crippen MR) is 51.5 cm³/mol. The summed E-state index contributed by atoms with van der Waals surface area (Å²) >= 11 is 5.56. The van der Waals surface area contributed by atoms with Gasteiger partial charge in [0.15, 0.2) is 5.78 Å². The van der Waals surface area contributed by atoms with Crippen LogP contribution in [0.2, 0.25) is 0 Å². The molecule has 0 N–H and O–H groups in total. The molecule has 0 aromatic rings. The van der Waals surface area contributed by atoms with Gasteiger partial charge in [-0.15, -0.1) is 11.6 Å². The molecule has 2 heteroatoms. The predicted octanol–water partition coefficient (Wildman–Crippen LogP) is 3.01. The Morgan fingerprint density at radius 1 is 1.50 bits per heavy atom. The van der Waals surface area contributed by atoms with Gasteiger partial charge in [0.05, 0.1) is 5.88 Å². The zero-order chi connectivity index (χ0) is 9.19. The molecule has 0 bridgehead atoms. The van der Waals surface area contributed by atoms with Gasteiger partial charge in [0.25, 0.3) is 0 Å². The van der Waals surface area contributed by atoms with Gasteiger partial charge in [0.1, 0.15) is 0 Å². The maximum atomic E-state index is 11.5. The third kappa shape index (κ3) is 2.01. The number of halogens is 1. The fraction of sp³-hybridized carbons (Fsp3) is 0.900. The van der Waals surface area contributed by atoms with E-state index in [1.807, 2.05) is 0 Å². The van der Waals surface area contributed by atoms with Crippen LogP contribution in [0.15, 0.2) is 0 Å². The normalized spacial score (nSPS) is 28.4. The lowest BCUT2D eigenvalue weighted by molar-refractivity contribution is -0.125. The molecule has 1 unspecified atom stereocenters. The first-order valence-electron chi connectivity index (χ1n) is 4.66. The molecule has 1 nitrogen and oxygen atoms in total. The van der Waals surface area contributed by atoms with E-state index in [2.05, 4.69) is 13.8 Å². The summed E-state index contributed by atoms with van der Waals surface area (Å²) in [6, 6.07) is 0. The zero-order valence-corrected chi connectivity index (χ0v) is 8.66. The second-order valence-corrected chi connectivity index (χ2v) is 4.65. The first-order valence-corrected chi connectivity index (χ1v) is 5.20. The summed E-state index contributed by atoms with van der Waals surface area (Å²) in [4.78, 5) is 11.5. The van der Waals surface area contributed by atoms with Gasteiger partial charge in [-0.05, 0) is 18.3 Å². The molecule has 1 aliphatic carbocycles. The van der Waals surface area contributed by atoms with Crippen LogP contribution in [0.4, 0.5) is 0 Å². The number of ketones is 1. The van der Waals surface area contributed by atoms with Crippen LogP contribution < -0.4 is 0 Å². The highest BCUT2D eigenvalue weighted by atomic mass is 35.5. The van der Waals surface area contributed by atoms with Gasteiger partial charge in [-0.3, -0.25) is 4.79 Å². The first-order chi connectivity index (χ1) is 5.58. The molecule has 1 saturated carbocycles. The summed E-state index contributed by atoms with van der Waals surface area (Å²) in [5.74, 6) is 0.638. The van der Waals surface area contributed by atoms with Crippen LogP contribution in [-0.2, 0) is 4.79 Å². The SMILES string of the molecule is CC1(C)CCCCC1C(=O)CCl. The van der Waals surface area contributed by atoms with Crippen LogP contribution in [0.25, 0.3) is 0 Å². The summed E-state index contributed by atoms with van der Waals surface area (Å²) in [7, 11) is 0. The zero-order valence-electron chi connectivity index (χ0n) is 7.90. The van der Waals surface area contributed by atoms with E-state index in [1.165, 1.54) is 19.3 Å². The van der Waals surface area contributed by atoms with Gasteiger partial charge in [-0.25, -0.2) is 0 Å². The van der Waals surface area contributed by atoms with Gasteiger partial charge in [-0.2, -0.15) is 0 Å². The number of Topliss-reactive ketones (excluding diaryl/α,β-unsaturated/α-hetero) is 1. The summed E-state index contributed by atoms with van der Waals surface area (Å²) in [6.07, 6.45) is 4.66. The molecule has 0 aromatic carbocycles. The molecule has 1 aliphatic rings. The van der Waals surface area contributed by atoms with E-state index in [9.17, 15) is 4.79 Å². The van der Waals surface area contributed by atoms with Gasteiger partial charge in [-0.1, -0.05) is 26.7 Å². The van der Waals surface area contributed by atoms with Crippen molar-refractivity contribution in [2.75, 3.05) is 5.88 Å². The van der Waals surface area contributed by atoms with E-state index >= 15 is 0 Å². The highest BCUT2D eigenvalue weighted by Gasteiger charge is 2.36. The van der Waals surface area contributed by atoms with Gasteiger partial charge in [0, 0.05) is 5.92 Å². The molecule has 0 saturated heterocycles. The van der Waals surface area contributed by atoms with E-state index in [1.54, 1.807) is 0 Å². The van der Waals surface area contributed by atoms with Crippen LogP contribution in [-0.4, -0.2) is 11.7 Å². The van der Waals surface area contributed by atoms with Crippen molar-refractivity contribution in [3.05, 3.63) is 0 Å². The Labute approximate surface area is 79.5 Å². The van der Waals surface area contributed by atoms with E-state index in [4.69, 9.17) is 11.6 Å².